The van der Waals surface area contributed by atoms with Crippen LogP contribution >= 0.6 is 44.1 Å². The number of carbonyl (C=O) groups is 1. The summed E-state index contributed by atoms with van der Waals surface area (Å²) in [6.07, 6.45) is 0. The number of hydrogen-bond acceptors (Lipinski definition) is 4. The summed E-state index contributed by atoms with van der Waals surface area (Å²) in [6, 6.07) is 16.7. The van der Waals surface area contributed by atoms with Crippen LogP contribution in [0.3, 0.4) is 0 Å². The summed E-state index contributed by atoms with van der Waals surface area (Å²) >= 11 is 12.0. The lowest BCUT2D eigenvalue weighted by Gasteiger charge is -2.10. The van der Waals surface area contributed by atoms with Crippen molar-refractivity contribution in [2.45, 2.75) is 6.54 Å². The molecule has 0 unspecified atom stereocenters. The molecule has 0 atom stereocenters. The predicted molar refractivity (Wildman–Crippen MR) is 119 cm³/mol. The van der Waals surface area contributed by atoms with Gasteiger partial charge in [0.1, 0.15) is 17.3 Å². The molecular weight excluding hydrogens is 508 g/mol. The normalized spacial score (nSPS) is 10.4. The fourth-order valence-corrected chi connectivity index (χ4v) is 3.41. The lowest BCUT2D eigenvalue weighted by Crippen LogP contribution is -2.38. The molecule has 0 saturated carbocycles. The third-order valence-corrected chi connectivity index (χ3v) is 5.25. The van der Waals surface area contributed by atoms with Gasteiger partial charge in [-0.3, -0.25) is 10.1 Å². The van der Waals surface area contributed by atoms with Crippen molar-refractivity contribution in [3.8, 4) is 17.1 Å². The third-order valence-electron chi connectivity index (χ3n) is 3.85. The van der Waals surface area contributed by atoms with E-state index in [-0.39, 0.29) is 11.0 Å². The number of nitrogens with one attached hydrogen (secondary N) is 2. The van der Waals surface area contributed by atoms with Gasteiger partial charge in [0.2, 0.25) is 0 Å². The molecule has 1 heterocycles. The average molecular weight is 524 g/mol. The number of hydrogen-bond donors (Lipinski definition) is 2. The number of thiocarbonyl (C=S) groups is 1. The van der Waals surface area contributed by atoms with Crippen LogP contribution in [-0.4, -0.2) is 18.1 Å². The van der Waals surface area contributed by atoms with Gasteiger partial charge in [0, 0.05) is 15.6 Å². The molecule has 2 aromatic carbocycles. The molecule has 0 aliphatic carbocycles. The summed E-state index contributed by atoms with van der Waals surface area (Å²) in [5.74, 6) is 1.82. The second-order valence-electron chi connectivity index (χ2n) is 5.76. The summed E-state index contributed by atoms with van der Waals surface area (Å²) in [7, 11) is 1.57. The average Bonchev–Trinajstić information content (AvgIpc) is 3.16. The Kier molecular flexibility index (Phi) is 6.88. The largest absolute Gasteiger partial charge is 0.496 e. The first kappa shape index (κ1) is 20.6. The Balaban J connectivity index is 1.55. The third kappa shape index (κ3) is 5.21. The maximum absolute atomic E-state index is 12.3. The van der Waals surface area contributed by atoms with E-state index >= 15 is 0 Å². The van der Waals surface area contributed by atoms with Crippen LogP contribution in [0.2, 0.25) is 0 Å². The fraction of sp³-hybridized carbons (Fsp3) is 0.100. The molecule has 2 N–H and O–H groups in total. The van der Waals surface area contributed by atoms with Gasteiger partial charge in [0.25, 0.3) is 5.91 Å². The summed E-state index contributed by atoms with van der Waals surface area (Å²) in [5.41, 5.74) is 1.45. The van der Waals surface area contributed by atoms with E-state index in [9.17, 15) is 4.79 Å². The van der Waals surface area contributed by atoms with E-state index in [4.69, 9.17) is 21.4 Å². The van der Waals surface area contributed by atoms with Crippen LogP contribution in [0.25, 0.3) is 11.3 Å². The highest BCUT2D eigenvalue weighted by Crippen LogP contribution is 2.26. The number of amides is 1. The molecule has 0 bridgehead atoms. The lowest BCUT2D eigenvalue weighted by atomic mass is 10.2. The van der Waals surface area contributed by atoms with E-state index in [1.54, 1.807) is 25.3 Å². The van der Waals surface area contributed by atoms with Gasteiger partial charge < -0.3 is 14.5 Å². The van der Waals surface area contributed by atoms with Gasteiger partial charge in [0.15, 0.2) is 5.11 Å². The van der Waals surface area contributed by atoms with Gasteiger partial charge >= 0.3 is 0 Å². The summed E-state index contributed by atoms with van der Waals surface area (Å²) in [6.45, 7) is 0.363. The zero-order valence-electron chi connectivity index (χ0n) is 14.8. The highest BCUT2D eigenvalue weighted by atomic mass is 79.9. The van der Waals surface area contributed by atoms with Crippen molar-refractivity contribution in [3.05, 3.63) is 74.9 Å². The Hall–Kier alpha value is -2.16. The maximum atomic E-state index is 12.3. The number of methoxy groups -OCH3 is 1. The zero-order chi connectivity index (χ0) is 20.1. The minimum atomic E-state index is -0.309. The number of benzene rings is 2. The molecule has 0 radical (unpaired) electrons. The van der Waals surface area contributed by atoms with Crippen molar-refractivity contribution in [1.29, 1.82) is 0 Å². The first-order chi connectivity index (χ1) is 13.5. The molecule has 3 rings (SSSR count). The van der Waals surface area contributed by atoms with Crippen LogP contribution in [0, 0.1) is 0 Å². The SMILES string of the molecule is COc1ccc(C(=O)NC(=S)NCc2ccc(-c3ccc(Br)cc3)o2)cc1Br. The number of rotatable bonds is 5. The van der Waals surface area contributed by atoms with Crippen LogP contribution in [0.5, 0.6) is 5.75 Å². The van der Waals surface area contributed by atoms with Crippen molar-refractivity contribution >= 4 is 55.1 Å². The van der Waals surface area contributed by atoms with Crippen LogP contribution in [0.15, 0.2) is 68.0 Å². The summed E-state index contributed by atoms with van der Waals surface area (Å²) in [5, 5.41) is 5.84. The van der Waals surface area contributed by atoms with Gasteiger partial charge in [-0.05, 0) is 70.6 Å². The van der Waals surface area contributed by atoms with Crippen molar-refractivity contribution in [1.82, 2.24) is 10.6 Å². The molecule has 0 aliphatic heterocycles. The molecule has 3 aromatic rings. The van der Waals surface area contributed by atoms with Crippen LogP contribution in [0.4, 0.5) is 0 Å². The van der Waals surface area contributed by atoms with E-state index in [0.29, 0.717) is 28.1 Å². The minimum Gasteiger partial charge on any atom is -0.496 e. The molecule has 1 amide bonds. The molecule has 1 aromatic heterocycles. The highest BCUT2D eigenvalue weighted by Gasteiger charge is 2.11. The van der Waals surface area contributed by atoms with Crippen LogP contribution < -0.4 is 15.4 Å². The van der Waals surface area contributed by atoms with E-state index in [0.717, 1.165) is 15.8 Å². The molecule has 28 heavy (non-hydrogen) atoms. The zero-order valence-corrected chi connectivity index (χ0v) is 18.8. The molecule has 144 valence electrons. The Morgan fingerprint density at radius 3 is 2.54 bits per heavy atom. The van der Waals surface area contributed by atoms with Gasteiger partial charge in [-0.2, -0.15) is 0 Å². The van der Waals surface area contributed by atoms with Crippen LogP contribution in [-0.2, 0) is 6.54 Å². The van der Waals surface area contributed by atoms with Gasteiger partial charge in [-0.1, -0.05) is 28.1 Å². The van der Waals surface area contributed by atoms with Crippen molar-refractivity contribution < 1.29 is 13.9 Å². The minimum absolute atomic E-state index is 0.221. The number of ether oxygens (including phenoxy) is 1. The molecule has 0 spiro atoms. The van der Waals surface area contributed by atoms with Crippen molar-refractivity contribution in [3.63, 3.8) is 0 Å². The fourth-order valence-electron chi connectivity index (χ4n) is 2.44. The van der Waals surface area contributed by atoms with Crippen LogP contribution in [0.1, 0.15) is 16.1 Å². The second-order valence-corrected chi connectivity index (χ2v) is 7.94. The quantitative estimate of drug-likeness (QED) is 0.445. The number of halogens is 2. The Morgan fingerprint density at radius 2 is 1.86 bits per heavy atom. The smallest absolute Gasteiger partial charge is 0.257 e. The Morgan fingerprint density at radius 1 is 1.11 bits per heavy atom. The predicted octanol–water partition coefficient (Wildman–Crippen LogP) is 5.28. The Bertz CT molecular complexity index is 1000. The standard InChI is InChI=1S/C20H16Br2N2O3S/c1-26-18-8-4-13(10-16(18)22)19(25)24-20(28)23-11-15-7-9-17(27-15)12-2-5-14(21)6-3-12/h2-10H,11H2,1H3,(H2,23,24,25,28). The first-order valence-electron chi connectivity index (χ1n) is 8.23. The van der Waals surface area contributed by atoms with E-state index < -0.39 is 0 Å². The molecule has 0 saturated heterocycles. The number of furan rings is 1. The molecule has 0 fully saturated rings. The van der Waals surface area contributed by atoms with Crippen molar-refractivity contribution in [2.75, 3.05) is 7.11 Å². The monoisotopic (exact) mass is 522 g/mol. The van der Waals surface area contributed by atoms with Gasteiger partial charge in [0.05, 0.1) is 18.1 Å². The van der Waals surface area contributed by atoms with E-state index in [1.807, 2.05) is 36.4 Å². The number of carbonyl (C=O) groups excluding carboxylic acids is 1. The topological polar surface area (TPSA) is 63.5 Å². The molecule has 0 aliphatic rings. The van der Waals surface area contributed by atoms with Crippen molar-refractivity contribution in [2.24, 2.45) is 0 Å². The van der Waals surface area contributed by atoms with Gasteiger partial charge in [-0.15, -0.1) is 0 Å². The maximum Gasteiger partial charge on any atom is 0.257 e. The summed E-state index contributed by atoms with van der Waals surface area (Å²) < 4.78 is 12.7. The van der Waals surface area contributed by atoms with E-state index in [1.165, 1.54) is 0 Å². The first-order valence-corrected chi connectivity index (χ1v) is 10.2. The van der Waals surface area contributed by atoms with Gasteiger partial charge in [-0.25, -0.2) is 0 Å². The molecular formula is C20H16Br2N2O3S. The molecule has 5 nitrogen and oxygen atoms in total. The highest BCUT2D eigenvalue weighted by molar-refractivity contribution is 9.10. The lowest BCUT2D eigenvalue weighted by molar-refractivity contribution is 0.0976. The second kappa shape index (κ2) is 9.36. The summed E-state index contributed by atoms with van der Waals surface area (Å²) in [4.78, 5) is 12.3. The molecule has 8 heteroatoms. The Labute approximate surface area is 184 Å². The van der Waals surface area contributed by atoms with E-state index in [2.05, 4.69) is 42.5 Å².